The molecule has 1 saturated carbocycles. The standard InChI is InChI=1S/C20H24F3N5O/c1-4-12-27(15-8-6-5-7-9-15)17(29)11-10-16-13(2)24-19-25-18(20(21,22)23)26-28(19)14(16)3/h1,15H,5-12H2,2-3H3. The van der Waals surface area contributed by atoms with Gasteiger partial charge in [-0.05, 0) is 38.7 Å². The summed E-state index contributed by atoms with van der Waals surface area (Å²) in [6, 6.07) is 0.166. The average Bonchev–Trinajstić information content (AvgIpc) is 3.11. The molecule has 2 aromatic heterocycles. The lowest BCUT2D eigenvalue weighted by Gasteiger charge is -2.33. The molecule has 9 heteroatoms. The highest BCUT2D eigenvalue weighted by Crippen LogP contribution is 2.27. The SMILES string of the molecule is C#CCN(C(=O)CCc1c(C)nc2nc(C(F)(F)F)nn2c1C)C1CCCCC1. The molecule has 1 amide bonds. The van der Waals surface area contributed by atoms with E-state index >= 15 is 0 Å². The van der Waals surface area contributed by atoms with Gasteiger partial charge in [-0.1, -0.05) is 25.2 Å². The van der Waals surface area contributed by atoms with Gasteiger partial charge >= 0.3 is 6.18 Å². The van der Waals surface area contributed by atoms with E-state index in [1.165, 1.54) is 6.42 Å². The van der Waals surface area contributed by atoms with Crippen LogP contribution in [0.2, 0.25) is 0 Å². The minimum atomic E-state index is -4.64. The van der Waals surface area contributed by atoms with Crippen LogP contribution in [-0.2, 0) is 17.4 Å². The molecule has 0 aromatic carbocycles. The Kier molecular flexibility index (Phi) is 6.10. The Morgan fingerprint density at radius 2 is 1.93 bits per heavy atom. The molecule has 0 unspecified atom stereocenters. The molecule has 0 saturated heterocycles. The fourth-order valence-corrected chi connectivity index (χ4v) is 3.98. The fraction of sp³-hybridized carbons (Fsp3) is 0.600. The summed E-state index contributed by atoms with van der Waals surface area (Å²) >= 11 is 0. The van der Waals surface area contributed by atoms with Crippen molar-refractivity contribution < 1.29 is 18.0 Å². The summed E-state index contributed by atoms with van der Waals surface area (Å²) in [4.78, 5) is 22.3. The van der Waals surface area contributed by atoms with Crippen LogP contribution in [0.4, 0.5) is 13.2 Å². The number of halogens is 3. The van der Waals surface area contributed by atoms with E-state index in [0.29, 0.717) is 23.4 Å². The van der Waals surface area contributed by atoms with E-state index in [1.807, 2.05) is 0 Å². The molecule has 2 aromatic rings. The van der Waals surface area contributed by atoms with E-state index in [-0.39, 0.29) is 30.7 Å². The van der Waals surface area contributed by atoms with Crippen LogP contribution in [0.3, 0.4) is 0 Å². The first kappa shape index (κ1) is 21.1. The van der Waals surface area contributed by atoms with Crippen molar-refractivity contribution in [1.82, 2.24) is 24.5 Å². The second kappa shape index (κ2) is 8.39. The lowest BCUT2D eigenvalue weighted by molar-refractivity contribution is -0.144. The Morgan fingerprint density at radius 1 is 1.24 bits per heavy atom. The van der Waals surface area contributed by atoms with E-state index in [2.05, 4.69) is 21.0 Å². The van der Waals surface area contributed by atoms with Crippen molar-refractivity contribution >= 4 is 11.7 Å². The van der Waals surface area contributed by atoms with Crippen LogP contribution in [-0.4, -0.2) is 43.0 Å². The summed E-state index contributed by atoms with van der Waals surface area (Å²) in [5, 5.41) is 3.55. The van der Waals surface area contributed by atoms with Gasteiger partial charge in [0.15, 0.2) is 0 Å². The highest BCUT2D eigenvalue weighted by Gasteiger charge is 2.37. The number of carbonyl (C=O) groups excluding carboxylic acids is 1. The first-order valence-electron chi connectivity index (χ1n) is 9.75. The Bertz CT molecular complexity index is 938. The summed E-state index contributed by atoms with van der Waals surface area (Å²) in [5.41, 5.74) is 1.75. The molecule has 1 fully saturated rings. The fourth-order valence-electron chi connectivity index (χ4n) is 3.98. The lowest BCUT2D eigenvalue weighted by Crippen LogP contribution is -2.41. The Morgan fingerprint density at radius 3 is 2.55 bits per heavy atom. The topological polar surface area (TPSA) is 63.4 Å². The van der Waals surface area contributed by atoms with Gasteiger partial charge in [-0.25, -0.2) is 9.50 Å². The molecule has 3 rings (SSSR count). The van der Waals surface area contributed by atoms with Crippen LogP contribution in [0.25, 0.3) is 5.78 Å². The zero-order chi connectivity index (χ0) is 21.2. The third kappa shape index (κ3) is 4.52. The highest BCUT2D eigenvalue weighted by molar-refractivity contribution is 5.77. The van der Waals surface area contributed by atoms with Gasteiger partial charge in [-0.15, -0.1) is 11.5 Å². The minimum Gasteiger partial charge on any atom is -0.329 e. The monoisotopic (exact) mass is 407 g/mol. The van der Waals surface area contributed by atoms with Crippen molar-refractivity contribution in [3.05, 3.63) is 22.8 Å². The number of terminal acetylenes is 1. The third-order valence-corrected chi connectivity index (χ3v) is 5.49. The molecular formula is C20H24F3N5O. The summed E-state index contributed by atoms with van der Waals surface area (Å²) in [6.07, 6.45) is 6.67. The van der Waals surface area contributed by atoms with Crippen LogP contribution in [0.15, 0.2) is 0 Å². The van der Waals surface area contributed by atoms with Crippen molar-refractivity contribution in [1.29, 1.82) is 0 Å². The van der Waals surface area contributed by atoms with Crippen molar-refractivity contribution in [2.24, 2.45) is 0 Å². The molecule has 0 bridgehead atoms. The number of aromatic nitrogens is 4. The van der Waals surface area contributed by atoms with Gasteiger partial charge < -0.3 is 4.90 Å². The van der Waals surface area contributed by atoms with Crippen molar-refractivity contribution in [2.75, 3.05) is 6.54 Å². The second-order valence-electron chi connectivity index (χ2n) is 7.42. The van der Waals surface area contributed by atoms with Gasteiger partial charge in [0, 0.05) is 23.9 Å². The van der Waals surface area contributed by atoms with Gasteiger partial charge in [0.2, 0.25) is 5.91 Å². The van der Waals surface area contributed by atoms with E-state index < -0.39 is 12.0 Å². The van der Waals surface area contributed by atoms with Crippen LogP contribution >= 0.6 is 0 Å². The summed E-state index contributed by atoms with van der Waals surface area (Å²) in [7, 11) is 0. The number of alkyl halides is 3. The molecule has 2 heterocycles. The molecule has 156 valence electrons. The number of aryl methyl sites for hydroxylation is 2. The lowest BCUT2D eigenvalue weighted by atomic mass is 9.93. The number of fused-ring (bicyclic) bond motifs is 1. The summed E-state index contributed by atoms with van der Waals surface area (Å²) in [6.45, 7) is 3.64. The number of amides is 1. The minimum absolute atomic E-state index is 0.0386. The highest BCUT2D eigenvalue weighted by atomic mass is 19.4. The maximum Gasteiger partial charge on any atom is 0.453 e. The molecule has 0 atom stereocenters. The van der Waals surface area contributed by atoms with Gasteiger partial charge in [0.05, 0.1) is 6.54 Å². The molecular weight excluding hydrogens is 383 g/mol. The summed E-state index contributed by atoms with van der Waals surface area (Å²) in [5.74, 6) is 1.21. The molecule has 0 radical (unpaired) electrons. The van der Waals surface area contributed by atoms with Crippen LogP contribution in [0.1, 0.15) is 61.3 Å². The van der Waals surface area contributed by atoms with E-state index in [1.54, 1.807) is 18.7 Å². The molecule has 1 aliphatic carbocycles. The van der Waals surface area contributed by atoms with E-state index in [0.717, 1.165) is 30.2 Å². The Hall–Kier alpha value is -2.63. The third-order valence-electron chi connectivity index (χ3n) is 5.49. The molecule has 0 spiro atoms. The van der Waals surface area contributed by atoms with Crippen molar-refractivity contribution in [2.45, 2.75) is 71.0 Å². The smallest absolute Gasteiger partial charge is 0.329 e. The van der Waals surface area contributed by atoms with Gasteiger partial charge in [-0.3, -0.25) is 4.79 Å². The van der Waals surface area contributed by atoms with E-state index in [9.17, 15) is 18.0 Å². The molecule has 1 aliphatic rings. The second-order valence-corrected chi connectivity index (χ2v) is 7.42. The first-order chi connectivity index (χ1) is 13.7. The number of rotatable bonds is 5. The zero-order valence-corrected chi connectivity index (χ0v) is 16.6. The van der Waals surface area contributed by atoms with Gasteiger partial charge in [0.25, 0.3) is 11.6 Å². The maximum atomic E-state index is 12.9. The molecule has 0 aliphatic heterocycles. The largest absolute Gasteiger partial charge is 0.453 e. The number of carbonyl (C=O) groups is 1. The van der Waals surface area contributed by atoms with Crippen molar-refractivity contribution in [3.8, 4) is 12.3 Å². The molecule has 29 heavy (non-hydrogen) atoms. The van der Waals surface area contributed by atoms with E-state index in [4.69, 9.17) is 6.42 Å². The normalized spacial score (nSPS) is 15.4. The van der Waals surface area contributed by atoms with Crippen LogP contribution in [0.5, 0.6) is 0 Å². The van der Waals surface area contributed by atoms with Crippen LogP contribution in [0, 0.1) is 26.2 Å². The maximum absolute atomic E-state index is 12.9. The summed E-state index contributed by atoms with van der Waals surface area (Å²) < 4.78 is 39.8. The molecule has 6 nitrogen and oxygen atoms in total. The number of hydrogen-bond acceptors (Lipinski definition) is 4. The predicted molar refractivity (Wildman–Crippen MR) is 101 cm³/mol. The average molecular weight is 407 g/mol. The quantitative estimate of drug-likeness (QED) is 0.712. The van der Waals surface area contributed by atoms with Crippen LogP contribution < -0.4 is 0 Å². The number of nitrogens with zero attached hydrogens (tertiary/aromatic N) is 5. The van der Waals surface area contributed by atoms with Gasteiger partial charge in [0.1, 0.15) is 0 Å². The molecule has 0 N–H and O–H groups in total. The number of hydrogen-bond donors (Lipinski definition) is 0. The zero-order valence-electron chi connectivity index (χ0n) is 16.6. The first-order valence-corrected chi connectivity index (χ1v) is 9.75. The van der Waals surface area contributed by atoms with Gasteiger partial charge in [-0.2, -0.15) is 18.2 Å². The van der Waals surface area contributed by atoms with Crippen molar-refractivity contribution in [3.63, 3.8) is 0 Å². The Labute approximate surface area is 167 Å². The predicted octanol–water partition coefficient (Wildman–Crippen LogP) is 3.49. The Balaban J connectivity index is 1.80.